The maximum Gasteiger partial charge on any atom is 0.335 e. The van der Waals surface area contributed by atoms with Gasteiger partial charge in [-0.2, -0.15) is 0 Å². The van der Waals surface area contributed by atoms with Gasteiger partial charge in [0.25, 0.3) is 0 Å². The normalized spacial score (nSPS) is 19.2. The van der Waals surface area contributed by atoms with Gasteiger partial charge in [-0.25, -0.2) is 4.79 Å². The maximum atomic E-state index is 12.7. The third kappa shape index (κ3) is 4.97. The Labute approximate surface area is 161 Å². The van der Waals surface area contributed by atoms with Gasteiger partial charge < -0.3 is 9.29 Å². The second-order valence-electron chi connectivity index (χ2n) is 5.67. The van der Waals surface area contributed by atoms with Crippen LogP contribution >= 0.6 is 22.6 Å². The summed E-state index contributed by atoms with van der Waals surface area (Å²) in [4.78, 5) is 12.3. The first kappa shape index (κ1) is 19.8. The lowest BCUT2D eigenvalue weighted by molar-refractivity contribution is -0.138. The van der Waals surface area contributed by atoms with Crippen LogP contribution in [0.15, 0.2) is 35.9 Å². The van der Waals surface area contributed by atoms with Crippen molar-refractivity contribution in [2.45, 2.75) is 39.2 Å². The molecule has 24 heavy (non-hydrogen) atoms. The molecule has 0 saturated carbocycles. The molecule has 1 aromatic carbocycles. The van der Waals surface area contributed by atoms with Crippen molar-refractivity contribution in [1.29, 1.82) is 0 Å². The molecule has 0 amide bonds. The first-order chi connectivity index (χ1) is 11.6. The standard InChI is InChI=1S/C18H24INO3S/c1-3-5-12-24(22)20-11-10-15(18(21)23-4-2)17(20)13-14-8-6-7-9-16(14)19/h6-10,17H,3-5,11-13H2,1-2H3/t17-,24?/m1/s1. The van der Waals surface area contributed by atoms with Gasteiger partial charge in [-0.05, 0) is 54.0 Å². The van der Waals surface area contributed by atoms with Crippen molar-refractivity contribution in [1.82, 2.24) is 4.31 Å². The van der Waals surface area contributed by atoms with Crippen LogP contribution in [0.5, 0.6) is 0 Å². The largest absolute Gasteiger partial charge is 0.598 e. The number of ether oxygens (including phenoxy) is 1. The number of rotatable bonds is 8. The summed E-state index contributed by atoms with van der Waals surface area (Å²) < 4.78 is 21.0. The van der Waals surface area contributed by atoms with Gasteiger partial charge in [0.2, 0.25) is 0 Å². The summed E-state index contributed by atoms with van der Waals surface area (Å²) in [5.41, 5.74) is 1.80. The maximum absolute atomic E-state index is 12.7. The molecule has 132 valence electrons. The smallest absolute Gasteiger partial charge is 0.335 e. The molecule has 4 nitrogen and oxygen atoms in total. The van der Waals surface area contributed by atoms with Crippen LogP contribution in [0.3, 0.4) is 0 Å². The molecule has 1 heterocycles. The van der Waals surface area contributed by atoms with Crippen molar-refractivity contribution in [2.75, 3.05) is 18.9 Å². The first-order valence-electron chi connectivity index (χ1n) is 8.34. The van der Waals surface area contributed by atoms with E-state index >= 15 is 0 Å². The highest BCUT2D eigenvalue weighted by Gasteiger charge is 2.39. The van der Waals surface area contributed by atoms with E-state index in [2.05, 4.69) is 41.6 Å². The number of carbonyl (C=O) groups is 1. The molecule has 6 heteroatoms. The van der Waals surface area contributed by atoms with E-state index in [1.807, 2.05) is 22.5 Å². The summed E-state index contributed by atoms with van der Waals surface area (Å²) in [6, 6.07) is 7.93. The first-order valence-corrected chi connectivity index (χ1v) is 10.7. The van der Waals surface area contributed by atoms with Crippen molar-refractivity contribution in [3.8, 4) is 0 Å². The van der Waals surface area contributed by atoms with E-state index in [-0.39, 0.29) is 12.0 Å². The molecule has 0 radical (unpaired) electrons. The van der Waals surface area contributed by atoms with Gasteiger partial charge in [0.05, 0.1) is 24.8 Å². The molecule has 0 fully saturated rings. The van der Waals surface area contributed by atoms with Gasteiger partial charge in [0, 0.05) is 14.9 Å². The second-order valence-corrected chi connectivity index (χ2v) is 8.35. The molecular formula is C18H24INO3S. The molecule has 2 atom stereocenters. The third-order valence-corrected chi connectivity index (χ3v) is 6.63. The highest BCUT2D eigenvalue weighted by Crippen LogP contribution is 2.28. The molecule has 1 aliphatic rings. The van der Waals surface area contributed by atoms with Crippen LogP contribution in [-0.2, 0) is 27.3 Å². The summed E-state index contributed by atoms with van der Waals surface area (Å²) in [5, 5.41) is 0. The molecule has 0 aromatic heterocycles. The van der Waals surface area contributed by atoms with E-state index in [1.54, 1.807) is 6.92 Å². The lowest BCUT2D eigenvalue weighted by Gasteiger charge is -2.27. The molecule has 2 rings (SSSR count). The molecule has 0 saturated heterocycles. The van der Waals surface area contributed by atoms with Crippen LogP contribution in [0.4, 0.5) is 0 Å². The number of esters is 1. The molecule has 0 aliphatic carbocycles. The van der Waals surface area contributed by atoms with Crippen molar-refractivity contribution >= 4 is 39.9 Å². The summed E-state index contributed by atoms with van der Waals surface area (Å²) in [7, 11) is 0. The Balaban J connectivity index is 2.20. The molecule has 1 aromatic rings. The number of unbranched alkanes of at least 4 members (excludes halogenated alkanes) is 1. The van der Waals surface area contributed by atoms with Crippen LogP contribution < -0.4 is 0 Å². The number of benzene rings is 1. The van der Waals surface area contributed by atoms with Crippen molar-refractivity contribution in [3.05, 3.63) is 45.0 Å². The summed E-state index contributed by atoms with van der Waals surface area (Å²) in [6.45, 7) is 4.79. The van der Waals surface area contributed by atoms with Crippen LogP contribution in [0, 0.1) is 3.57 Å². The average Bonchev–Trinajstić information content (AvgIpc) is 2.98. The van der Waals surface area contributed by atoms with E-state index in [1.165, 1.54) is 0 Å². The number of hydrogen-bond donors (Lipinski definition) is 0. The molecule has 0 bridgehead atoms. The highest BCUT2D eigenvalue weighted by molar-refractivity contribution is 14.1. The van der Waals surface area contributed by atoms with E-state index in [4.69, 9.17) is 4.74 Å². The van der Waals surface area contributed by atoms with Gasteiger partial charge in [0.15, 0.2) is 0 Å². The minimum absolute atomic E-state index is 0.183. The molecule has 0 spiro atoms. The minimum atomic E-state index is -1.08. The van der Waals surface area contributed by atoms with E-state index in [0.717, 1.165) is 22.0 Å². The number of carbonyl (C=O) groups excluding carboxylic acids is 1. The van der Waals surface area contributed by atoms with Crippen molar-refractivity contribution < 1.29 is 14.1 Å². The number of halogens is 1. The fourth-order valence-corrected chi connectivity index (χ4v) is 4.83. The number of hydrogen-bond acceptors (Lipinski definition) is 4. The zero-order valence-electron chi connectivity index (χ0n) is 14.2. The second kappa shape index (κ2) is 9.79. The fraction of sp³-hybridized carbons (Fsp3) is 0.500. The Hall–Kier alpha value is -0.570. The van der Waals surface area contributed by atoms with Gasteiger partial charge in [-0.1, -0.05) is 37.6 Å². The van der Waals surface area contributed by atoms with E-state index < -0.39 is 11.4 Å². The third-order valence-electron chi connectivity index (χ3n) is 4.01. The average molecular weight is 461 g/mol. The van der Waals surface area contributed by atoms with Crippen LogP contribution in [0.25, 0.3) is 0 Å². The molecule has 1 unspecified atom stereocenters. The topological polar surface area (TPSA) is 52.6 Å². The fourth-order valence-electron chi connectivity index (χ4n) is 2.73. The predicted octanol–water partition coefficient (Wildman–Crippen LogP) is 3.47. The molecular weight excluding hydrogens is 437 g/mol. The highest BCUT2D eigenvalue weighted by atomic mass is 127. The van der Waals surface area contributed by atoms with Gasteiger partial charge in [0.1, 0.15) is 5.75 Å². The van der Waals surface area contributed by atoms with Gasteiger partial charge in [-0.3, -0.25) is 0 Å². The Bertz CT molecular complexity index is 593. The minimum Gasteiger partial charge on any atom is -0.598 e. The Kier molecular flexibility index (Phi) is 8.06. The monoisotopic (exact) mass is 461 g/mol. The van der Waals surface area contributed by atoms with Crippen LogP contribution in [0.1, 0.15) is 32.3 Å². The van der Waals surface area contributed by atoms with Crippen molar-refractivity contribution in [3.63, 3.8) is 0 Å². The van der Waals surface area contributed by atoms with E-state index in [9.17, 15) is 9.35 Å². The lowest BCUT2D eigenvalue weighted by Crippen LogP contribution is -2.41. The number of nitrogens with zero attached hydrogens (tertiary/aromatic N) is 1. The summed E-state index contributed by atoms with van der Waals surface area (Å²) in [5.74, 6) is 0.353. The van der Waals surface area contributed by atoms with Gasteiger partial charge >= 0.3 is 5.97 Å². The Morgan fingerprint density at radius 2 is 2.17 bits per heavy atom. The van der Waals surface area contributed by atoms with Crippen LogP contribution in [-0.4, -0.2) is 39.8 Å². The van der Waals surface area contributed by atoms with E-state index in [0.29, 0.717) is 30.9 Å². The Morgan fingerprint density at radius 3 is 2.83 bits per heavy atom. The lowest BCUT2D eigenvalue weighted by atomic mass is 10.0. The SMILES string of the molecule is CCCC[S+]([O-])N1CC=C(C(=O)OCC)[C@H]1Cc1ccccc1I. The van der Waals surface area contributed by atoms with Crippen molar-refractivity contribution in [2.24, 2.45) is 0 Å². The van der Waals surface area contributed by atoms with Gasteiger partial charge in [-0.15, -0.1) is 4.31 Å². The zero-order valence-corrected chi connectivity index (χ0v) is 17.1. The molecule has 0 N–H and O–H groups in total. The summed E-state index contributed by atoms with van der Waals surface area (Å²) in [6.07, 6.45) is 4.48. The quantitative estimate of drug-likeness (QED) is 0.338. The molecule has 1 aliphatic heterocycles. The predicted molar refractivity (Wildman–Crippen MR) is 106 cm³/mol. The zero-order chi connectivity index (χ0) is 17.5. The Morgan fingerprint density at radius 1 is 1.42 bits per heavy atom. The van der Waals surface area contributed by atoms with Crippen LogP contribution in [0.2, 0.25) is 0 Å². The summed E-state index contributed by atoms with van der Waals surface area (Å²) >= 11 is 1.23.